The van der Waals surface area contributed by atoms with Crippen molar-refractivity contribution in [1.29, 1.82) is 0 Å². The normalized spacial score (nSPS) is 10.3. The van der Waals surface area contributed by atoms with Crippen molar-refractivity contribution in [3.8, 4) is 0 Å². The van der Waals surface area contributed by atoms with Crippen LogP contribution in [0.3, 0.4) is 0 Å². The lowest BCUT2D eigenvalue weighted by Crippen LogP contribution is -2.04. The molecular weight excluding hydrogens is 344 g/mol. The highest BCUT2D eigenvalue weighted by Crippen LogP contribution is 2.29. The zero-order valence-corrected chi connectivity index (χ0v) is 12.4. The van der Waals surface area contributed by atoms with E-state index in [-0.39, 0.29) is 5.78 Å². The predicted molar refractivity (Wildman–Crippen MR) is 76.5 cm³/mol. The summed E-state index contributed by atoms with van der Waals surface area (Å²) in [5, 5.41) is 0. The van der Waals surface area contributed by atoms with Gasteiger partial charge in [-0.3, -0.25) is 4.79 Å². The first-order valence-electron chi connectivity index (χ1n) is 5.15. The lowest BCUT2D eigenvalue weighted by atomic mass is 9.99. The Morgan fingerprint density at radius 2 is 1.65 bits per heavy atom. The minimum atomic E-state index is 0.0521. The topological polar surface area (TPSA) is 17.1 Å². The van der Waals surface area contributed by atoms with Gasteiger partial charge in [0.1, 0.15) is 0 Å². The van der Waals surface area contributed by atoms with Crippen molar-refractivity contribution in [2.45, 2.75) is 6.92 Å². The maximum Gasteiger partial charge on any atom is 0.193 e. The number of carbonyl (C=O) groups excluding carboxylic acids is 1. The third-order valence-corrected chi connectivity index (χ3v) is 4.83. The Kier molecular flexibility index (Phi) is 3.79. The molecule has 2 aromatic rings. The monoisotopic (exact) mass is 352 g/mol. The minimum absolute atomic E-state index is 0.0521. The molecule has 0 spiro atoms. The fourth-order valence-corrected chi connectivity index (χ4v) is 2.42. The van der Waals surface area contributed by atoms with Crippen LogP contribution in [0.4, 0.5) is 0 Å². The van der Waals surface area contributed by atoms with E-state index >= 15 is 0 Å². The predicted octanol–water partition coefficient (Wildman–Crippen LogP) is 4.75. The third kappa shape index (κ3) is 2.50. The molecule has 0 unspecified atom stereocenters. The van der Waals surface area contributed by atoms with Crippen molar-refractivity contribution < 1.29 is 4.79 Å². The molecule has 86 valence electrons. The van der Waals surface area contributed by atoms with Gasteiger partial charge in [0.2, 0.25) is 0 Å². The maximum absolute atomic E-state index is 12.3. The molecule has 0 aromatic heterocycles. The van der Waals surface area contributed by atoms with Gasteiger partial charge in [-0.25, -0.2) is 0 Å². The molecule has 0 aliphatic rings. The number of hydrogen-bond donors (Lipinski definition) is 0. The SMILES string of the molecule is Cc1c(C(=O)c2ccccc2)ccc(Br)c1Br. The van der Waals surface area contributed by atoms with Crippen molar-refractivity contribution in [2.24, 2.45) is 0 Å². The van der Waals surface area contributed by atoms with Gasteiger partial charge in [0.25, 0.3) is 0 Å². The van der Waals surface area contributed by atoms with Gasteiger partial charge in [-0.1, -0.05) is 30.3 Å². The van der Waals surface area contributed by atoms with Crippen LogP contribution in [0.1, 0.15) is 21.5 Å². The number of benzene rings is 2. The van der Waals surface area contributed by atoms with Crippen molar-refractivity contribution in [3.63, 3.8) is 0 Å². The molecule has 0 bridgehead atoms. The van der Waals surface area contributed by atoms with Crippen LogP contribution in [0.5, 0.6) is 0 Å². The average Bonchev–Trinajstić information content (AvgIpc) is 2.36. The summed E-state index contributed by atoms with van der Waals surface area (Å²) in [7, 11) is 0. The second-order valence-electron chi connectivity index (χ2n) is 3.73. The second-order valence-corrected chi connectivity index (χ2v) is 5.38. The first-order chi connectivity index (χ1) is 8.11. The molecule has 0 radical (unpaired) electrons. The molecule has 2 rings (SSSR count). The molecule has 0 aliphatic carbocycles. The Balaban J connectivity index is 2.49. The first-order valence-corrected chi connectivity index (χ1v) is 6.74. The van der Waals surface area contributed by atoms with Crippen molar-refractivity contribution in [2.75, 3.05) is 0 Å². The summed E-state index contributed by atoms with van der Waals surface area (Å²) in [6, 6.07) is 13.0. The Morgan fingerprint density at radius 3 is 2.29 bits per heavy atom. The number of ketones is 1. The Bertz CT molecular complexity index is 562. The molecule has 0 heterocycles. The smallest absolute Gasteiger partial charge is 0.193 e. The van der Waals surface area contributed by atoms with Crippen LogP contribution in [0.2, 0.25) is 0 Å². The third-order valence-electron chi connectivity index (χ3n) is 2.62. The lowest BCUT2D eigenvalue weighted by molar-refractivity contribution is 0.103. The maximum atomic E-state index is 12.3. The Hall–Kier alpha value is -0.930. The summed E-state index contributed by atoms with van der Waals surface area (Å²) in [6.45, 7) is 1.94. The van der Waals surface area contributed by atoms with Gasteiger partial charge < -0.3 is 0 Å². The molecule has 0 N–H and O–H groups in total. The second kappa shape index (κ2) is 5.15. The van der Waals surface area contributed by atoms with E-state index in [0.29, 0.717) is 5.56 Å². The van der Waals surface area contributed by atoms with E-state index in [0.717, 1.165) is 20.1 Å². The van der Waals surface area contributed by atoms with E-state index < -0.39 is 0 Å². The van der Waals surface area contributed by atoms with Gasteiger partial charge in [0.15, 0.2) is 5.78 Å². The molecule has 0 saturated heterocycles. The van der Waals surface area contributed by atoms with E-state index in [1.165, 1.54) is 0 Å². The van der Waals surface area contributed by atoms with E-state index in [1.54, 1.807) is 0 Å². The summed E-state index contributed by atoms with van der Waals surface area (Å²) in [5.41, 5.74) is 2.39. The van der Waals surface area contributed by atoms with Crippen molar-refractivity contribution in [3.05, 3.63) is 68.1 Å². The van der Waals surface area contributed by atoms with Gasteiger partial charge in [-0.15, -0.1) is 0 Å². The summed E-state index contributed by atoms with van der Waals surface area (Å²) < 4.78 is 1.89. The molecule has 17 heavy (non-hydrogen) atoms. The zero-order chi connectivity index (χ0) is 12.4. The summed E-state index contributed by atoms with van der Waals surface area (Å²) in [6.07, 6.45) is 0. The molecule has 0 aliphatic heterocycles. The average molecular weight is 354 g/mol. The molecule has 0 saturated carbocycles. The summed E-state index contributed by atoms with van der Waals surface area (Å²) >= 11 is 6.90. The van der Waals surface area contributed by atoms with Crippen LogP contribution in [0.15, 0.2) is 51.4 Å². The minimum Gasteiger partial charge on any atom is -0.289 e. The highest BCUT2D eigenvalue weighted by Gasteiger charge is 2.14. The molecule has 0 fully saturated rings. The molecule has 3 heteroatoms. The summed E-state index contributed by atoms with van der Waals surface area (Å²) in [5.74, 6) is 0.0521. The van der Waals surface area contributed by atoms with Crippen LogP contribution in [0, 0.1) is 6.92 Å². The summed E-state index contributed by atoms with van der Waals surface area (Å²) in [4.78, 5) is 12.3. The van der Waals surface area contributed by atoms with Crippen molar-refractivity contribution >= 4 is 37.6 Å². The standard InChI is InChI=1S/C14H10Br2O/c1-9-11(7-8-12(15)13(9)16)14(17)10-5-3-2-4-6-10/h2-8H,1H3. The number of carbonyl (C=O) groups is 1. The molecule has 2 aromatic carbocycles. The van der Waals surface area contributed by atoms with Crippen LogP contribution < -0.4 is 0 Å². The van der Waals surface area contributed by atoms with E-state index in [2.05, 4.69) is 31.9 Å². The first kappa shape index (κ1) is 12.5. The Morgan fingerprint density at radius 1 is 1.00 bits per heavy atom. The number of hydrogen-bond acceptors (Lipinski definition) is 1. The fraction of sp³-hybridized carbons (Fsp3) is 0.0714. The van der Waals surface area contributed by atoms with Gasteiger partial charge in [-0.05, 0) is 56.5 Å². The van der Waals surface area contributed by atoms with Crippen LogP contribution >= 0.6 is 31.9 Å². The van der Waals surface area contributed by atoms with E-state index in [1.807, 2.05) is 49.4 Å². The van der Waals surface area contributed by atoms with Crippen molar-refractivity contribution in [1.82, 2.24) is 0 Å². The number of halogens is 2. The largest absolute Gasteiger partial charge is 0.289 e. The molecule has 1 nitrogen and oxygen atoms in total. The van der Waals surface area contributed by atoms with Crippen LogP contribution in [0.25, 0.3) is 0 Å². The van der Waals surface area contributed by atoms with Crippen LogP contribution in [-0.4, -0.2) is 5.78 Å². The number of rotatable bonds is 2. The zero-order valence-electron chi connectivity index (χ0n) is 9.21. The highest BCUT2D eigenvalue weighted by atomic mass is 79.9. The lowest BCUT2D eigenvalue weighted by Gasteiger charge is -2.08. The fourth-order valence-electron chi connectivity index (χ4n) is 1.64. The van der Waals surface area contributed by atoms with Crippen LogP contribution in [-0.2, 0) is 0 Å². The quantitative estimate of drug-likeness (QED) is 0.712. The van der Waals surface area contributed by atoms with Gasteiger partial charge in [0.05, 0.1) is 0 Å². The van der Waals surface area contributed by atoms with Gasteiger partial charge >= 0.3 is 0 Å². The molecule has 0 amide bonds. The molecule has 0 atom stereocenters. The van der Waals surface area contributed by atoms with Gasteiger partial charge in [0, 0.05) is 20.1 Å². The van der Waals surface area contributed by atoms with Gasteiger partial charge in [-0.2, -0.15) is 0 Å². The molecular formula is C14H10Br2O. The Labute approximate surface area is 117 Å². The highest BCUT2D eigenvalue weighted by molar-refractivity contribution is 9.13. The van der Waals surface area contributed by atoms with E-state index in [4.69, 9.17) is 0 Å². The van der Waals surface area contributed by atoms with E-state index in [9.17, 15) is 4.79 Å².